The molecule has 1 saturated heterocycles. The summed E-state index contributed by atoms with van der Waals surface area (Å²) in [6, 6.07) is 7.04. The summed E-state index contributed by atoms with van der Waals surface area (Å²) >= 11 is 5.81. The van der Waals surface area contributed by atoms with E-state index in [0.717, 1.165) is 13.1 Å². The Hall–Kier alpha value is -0.900. The number of morpholine rings is 1. The van der Waals surface area contributed by atoms with Crippen LogP contribution in [0.15, 0.2) is 24.3 Å². The normalized spacial score (nSPS) is 19.7. The van der Waals surface area contributed by atoms with Gasteiger partial charge in [0.2, 0.25) is 0 Å². The number of hydrogen-bond donors (Lipinski definition) is 0. The van der Waals surface area contributed by atoms with Gasteiger partial charge in [-0.1, -0.05) is 11.6 Å². The van der Waals surface area contributed by atoms with Crippen molar-refractivity contribution in [2.45, 2.75) is 19.4 Å². The van der Waals surface area contributed by atoms with Crippen LogP contribution in [0.5, 0.6) is 0 Å². The van der Waals surface area contributed by atoms with Crippen molar-refractivity contribution in [3.63, 3.8) is 0 Å². The van der Waals surface area contributed by atoms with Gasteiger partial charge in [-0.25, -0.2) is 0 Å². The van der Waals surface area contributed by atoms with E-state index in [2.05, 4.69) is 4.90 Å². The van der Waals surface area contributed by atoms with Crippen LogP contribution in [0.4, 0.5) is 0 Å². The zero-order valence-corrected chi connectivity index (χ0v) is 11.5. The molecule has 0 N–H and O–H groups in total. The summed E-state index contributed by atoms with van der Waals surface area (Å²) in [4.78, 5) is 14.2. The van der Waals surface area contributed by atoms with E-state index in [1.807, 2.05) is 13.8 Å². The van der Waals surface area contributed by atoms with E-state index >= 15 is 0 Å². The first-order valence-corrected chi connectivity index (χ1v) is 6.49. The third-order valence-corrected chi connectivity index (χ3v) is 3.29. The highest BCUT2D eigenvalue weighted by molar-refractivity contribution is 6.30. The molecule has 0 spiro atoms. The number of hydrogen-bond acceptors (Lipinski definition) is 3. The van der Waals surface area contributed by atoms with Crippen LogP contribution in [0, 0.1) is 0 Å². The maximum Gasteiger partial charge on any atom is 0.176 e. The zero-order chi connectivity index (χ0) is 13.2. The number of halogens is 1. The van der Waals surface area contributed by atoms with Crippen molar-refractivity contribution in [1.82, 2.24) is 4.90 Å². The third-order valence-electron chi connectivity index (χ3n) is 3.04. The number of carbonyl (C=O) groups is 1. The second-order valence-electron chi connectivity index (χ2n) is 5.25. The van der Waals surface area contributed by atoms with Gasteiger partial charge in [0.15, 0.2) is 5.78 Å². The maximum atomic E-state index is 12.1. The highest BCUT2D eigenvalue weighted by Gasteiger charge is 2.28. The number of nitrogens with zero attached hydrogens (tertiary/aromatic N) is 1. The van der Waals surface area contributed by atoms with Crippen LogP contribution >= 0.6 is 11.6 Å². The number of ether oxygens (including phenoxy) is 1. The number of ketones is 1. The topological polar surface area (TPSA) is 29.5 Å². The predicted octanol–water partition coefficient (Wildman–Crippen LogP) is 2.63. The fourth-order valence-corrected chi connectivity index (χ4v) is 2.31. The summed E-state index contributed by atoms with van der Waals surface area (Å²) in [6.07, 6.45) is 0. The predicted molar refractivity (Wildman–Crippen MR) is 72.3 cm³/mol. The summed E-state index contributed by atoms with van der Waals surface area (Å²) in [5, 5.41) is 0.652. The van der Waals surface area contributed by atoms with Gasteiger partial charge in [0.1, 0.15) is 0 Å². The van der Waals surface area contributed by atoms with Crippen LogP contribution in [0.25, 0.3) is 0 Å². The minimum absolute atomic E-state index is 0.129. The molecule has 2 rings (SSSR count). The van der Waals surface area contributed by atoms with Crippen molar-refractivity contribution in [2.24, 2.45) is 0 Å². The van der Waals surface area contributed by atoms with Crippen LogP contribution in [0.3, 0.4) is 0 Å². The molecule has 1 aromatic rings. The summed E-state index contributed by atoms with van der Waals surface area (Å²) in [5.74, 6) is 0.129. The van der Waals surface area contributed by atoms with E-state index in [9.17, 15) is 4.79 Å². The molecule has 0 unspecified atom stereocenters. The molecule has 0 bridgehead atoms. The Morgan fingerprint density at radius 2 is 2.06 bits per heavy atom. The highest BCUT2D eigenvalue weighted by Crippen LogP contribution is 2.17. The smallest absolute Gasteiger partial charge is 0.176 e. The molecule has 0 radical (unpaired) electrons. The second-order valence-corrected chi connectivity index (χ2v) is 5.69. The Bertz CT molecular complexity index is 428. The molecule has 0 atom stereocenters. The molecule has 0 saturated carbocycles. The molecular weight excluding hydrogens is 250 g/mol. The monoisotopic (exact) mass is 267 g/mol. The highest BCUT2D eigenvalue weighted by atomic mass is 35.5. The molecule has 1 heterocycles. The van der Waals surface area contributed by atoms with Crippen molar-refractivity contribution in [3.8, 4) is 0 Å². The summed E-state index contributed by atoms with van der Waals surface area (Å²) in [6.45, 7) is 6.81. The molecule has 0 amide bonds. The third kappa shape index (κ3) is 3.55. The van der Waals surface area contributed by atoms with E-state index in [1.165, 1.54) is 0 Å². The van der Waals surface area contributed by atoms with Gasteiger partial charge in [-0.2, -0.15) is 0 Å². The van der Waals surface area contributed by atoms with E-state index in [-0.39, 0.29) is 11.4 Å². The second kappa shape index (κ2) is 5.39. The largest absolute Gasteiger partial charge is 0.373 e. The van der Waals surface area contributed by atoms with Gasteiger partial charge < -0.3 is 4.74 Å². The van der Waals surface area contributed by atoms with Crippen LogP contribution in [0.2, 0.25) is 5.02 Å². The molecular formula is C14H18ClNO2. The number of benzene rings is 1. The Morgan fingerprint density at radius 1 is 1.39 bits per heavy atom. The average Bonchev–Trinajstić information content (AvgIpc) is 2.28. The first-order chi connectivity index (χ1) is 8.46. The molecule has 1 aliphatic heterocycles. The lowest BCUT2D eigenvalue weighted by atomic mass is 10.1. The lowest BCUT2D eigenvalue weighted by Gasteiger charge is -2.37. The fourth-order valence-electron chi connectivity index (χ4n) is 2.18. The molecule has 0 aromatic heterocycles. The molecule has 3 nitrogen and oxygen atoms in total. The van der Waals surface area contributed by atoms with Crippen molar-refractivity contribution in [2.75, 3.05) is 26.2 Å². The Balaban J connectivity index is 1.97. The maximum absolute atomic E-state index is 12.1. The minimum atomic E-state index is -0.168. The van der Waals surface area contributed by atoms with E-state index in [1.54, 1.807) is 24.3 Å². The average molecular weight is 268 g/mol. The van der Waals surface area contributed by atoms with Crippen molar-refractivity contribution < 1.29 is 9.53 Å². The molecule has 98 valence electrons. The number of rotatable bonds is 3. The summed E-state index contributed by atoms with van der Waals surface area (Å²) in [5.41, 5.74) is 0.544. The van der Waals surface area contributed by atoms with Crippen molar-refractivity contribution in [1.29, 1.82) is 0 Å². The first kappa shape index (κ1) is 13.5. The van der Waals surface area contributed by atoms with Gasteiger partial charge in [-0.15, -0.1) is 0 Å². The molecule has 18 heavy (non-hydrogen) atoms. The van der Waals surface area contributed by atoms with Crippen LogP contribution in [-0.4, -0.2) is 42.5 Å². The summed E-state index contributed by atoms with van der Waals surface area (Å²) in [7, 11) is 0. The van der Waals surface area contributed by atoms with Crippen LogP contribution < -0.4 is 0 Å². The molecule has 1 fully saturated rings. The SMILES string of the molecule is CC1(C)CN(CC(=O)c2ccc(Cl)cc2)CCO1. The molecule has 1 aliphatic rings. The standard InChI is InChI=1S/C14H18ClNO2/c1-14(2)10-16(7-8-18-14)9-13(17)11-3-5-12(15)6-4-11/h3-6H,7-10H2,1-2H3. The quantitative estimate of drug-likeness (QED) is 0.789. The number of carbonyl (C=O) groups excluding carboxylic acids is 1. The lowest BCUT2D eigenvalue weighted by Crippen LogP contribution is -2.49. The van der Waals surface area contributed by atoms with Crippen molar-refractivity contribution in [3.05, 3.63) is 34.9 Å². The van der Waals surface area contributed by atoms with Gasteiger partial charge in [0, 0.05) is 23.7 Å². The molecule has 1 aromatic carbocycles. The van der Waals surface area contributed by atoms with Gasteiger partial charge in [0.05, 0.1) is 18.8 Å². The van der Waals surface area contributed by atoms with Gasteiger partial charge in [-0.05, 0) is 38.1 Å². The Labute approximate surface area is 113 Å². The van der Waals surface area contributed by atoms with Gasteiger partial charge in [0.25, 0.3) is 0 Å². The Morgan fingerprint density at radius 3 is 2.67 bits per heavy atom. The van der Waals surface area contributed by atoms with Crippen LogP contribution in [0.1, 0.15) is 24.2 Å². The van der Waals surface area contributed by atoms with E-state index < -0.39 is 0 Å². The molecule has 4 heteroatoms. The van der Waals surface area contributed by atoms with Crippen molar-refractivity contribution >= 4 is 17.4 Å². The lowest BCUT2D eigenvalue weighted by molar-refractivity contribution is -0.0833. The van der Waals surface area contributed by atoms with E-state index in [4.69, 9.17) is 16.3 Å². The Kier molecular flexibility index (Phi) is 4.05. The fraction of sp³-hybridized carbons (Fsp3) is 0.500. The van der Waals surface area contributed by atoms with Gasteiger partial charge >= 0.3 is 0 Å². The van der Waals surface area contributed by atoms with Gasteiger partial charge in [-0.3, -0.25) is 9.69 Å². The molecule has 0 aliphatic carbocycles. The zero-order valence-electron chi connectivity index (χ0n) is 10.8. The van der Waals surface area contributed by atoms with E-state index in [0.29, 0.717) is 23.7 Å². The van der Waals surface area contributed by atoms with Crippen LogP contribution in [-0.2, 0) is 4.74 Å². The first-order valence-electron chi connectivity index (χ1n) is 6.11. The summed E-state index contributed by atoms with van der Waals surface area (Å²) < 4.78 is 5.63. The minimum Gasteiger partial charge on any atom is -0.373 e. The number of Topliss-reactive ketones (excluding diaryl/α,β-unsaturated/α-hetero) is 1.